The number of fused-ring (bicyclic) bond motifs is 2. The lowest BCUT2D eigenvalue weighted by atomic mass is 10.00. The molecule has 2 aliphatic rings. The summed E-state index contributed by atoms with van der Waals surface area (Å²) in [6, 6.07) is 19.9. The lowest BCUT2D eigenvalue weighted by Crippen LogP contribution is -2.47. The fourth-order valence-electron chi connectivity index (χ4n) is 4.19. The first-order chi connectivity index (χ1) is 16.1. The molecule has 170 valence electrons. The van der Waals surface area contributed by atoms with Crippen molar-refractivity contribution in [1.29, 1.82) is 0 Å². The van der Waals surface area contributed by atoms with E-state index in [-0.39, 0.29) is 19.0 Å². The molecule has 2 aromatic carbocycles. The minimum Gasteiger partial charge on any atom is -0.459 e. The number of carbonyl (C=O) groups is 1. The highest BCUT2D eigenvalue weighted by atomic mass is 16.7. The van der Waals surface area contributed by atoms with Crippen molar-refractivity contribution < 1.29 is 23.7 Å². The SMILES string of the molecule is Nc1ccn([C@@H]2O[C@@]3(COC(=O)c4ccccc4)CO[C@@H]2[C@@H]3OCc2ccccc2)c(=O)n1. The normalized spacial score (nSPS) is 25.8. The molecule has 3 aromatic rings. The van der Waals surface area contributed by atoms with E-state index in [0.29, 0.717) is 12.2 Å². The van der Waals surface area contributed by atoms with Gasteiger partial charge in [0.2, 0.25) is 0 Å². The monoisotopic (exact) mass is 449 g/mol. The second-order valence-corrected chi connectivity index (χ2v) is 8.05. The van der Waals surface area contributed by atoms with E-state index in [0.717, 1.165) is 5.56 Å². The Bertz CT molecular complexity index is 1190. The molecule has 2 N–H and O–H groups in total. The quantitative estimate of drug-likeness (QED) is 0.544. The molecule has 9 heteroatoms. The van der Waals surface area contributed by atoms with Gasteiger partial charge in [-0.2, -0.15) is 4.98 Å². The first-order valence-corrected chi connectivity index (χ1v) is 10.6. The second kappa shape index (κ2) is 8.78. The molecule has 33 heavy (non-hydrogen) atoms. The Hall–Kier alpha value is -3.53. The van der Waals surface area contributed by atoms with Crippen LogP contribution in [0, 0.1) is 0 Å². The highest BCUT2D eigenvalue weighted by Gasteiger charge is 2.64. The first-order valence-electron chi connectivity index (χ1n) is 10.6. The van der Waals surface area contributed by atoms with Crippen LogP contribution in [0.3, 0.4) is 0 Å². The van der Waals surface area contributed by atoms with Gasteiger partial charge < -0.3 is 24.7 Å². The van der Waals surface area contributed by atoms with Gasteiger partial charge in [-0.15, -0.1) is 0 Å². The number of carbonyl (C=O) groups excluding carboxylic acids is 1. The molecule has 2 aliphatic heterocycles. The number of anilines is 1. The van der Waals surface area contributed by atoms with Crippen LogP contribution in [0.2, 0.25) is 0 Å². The first kappa shape index (κ1) is 21.3. The number of aromatic nitrogens is 2. The lowest BCUT2D eigenvalue weighted by Gasteiger charge is -2.31. The molecule has 0 unspecified atom stereocenters. The maximum atomic E-state index is 12.6. The Morgan fingerprint density at radius 1 is 1.12 bits per heavy atom. The largest absolute Gasteiger partial charge is 0.459 e. The van der Waals surface area contributed by atoms with E-state index >= 15 is 0 Å². The third-order valence-corrected chi connectivity index (χ3v) is 5.83. The van der Waals surface area contributed by atoms with Gasteiger partial charge in [0.25, 0.3) is 0 Å². The Kier molecular flexibility index (Phi) is 5.67. The van der Waals surface area contributed by atoms with E-state index < -0.39 is 35.7 Å². The van der Waals surface area contributed by atoms with Crippen molar-refractivity contribution in [3.05, 3.63) is 94.5 Å². The van der Waals surface area contributed by atoms with Gasteiger partial charge >= 0.3 is 11.7 Å². The molecule has 9 nitrogen and oxygen atoms in total. The van der Waals surface area contributed by atoms with Crippen LogP contribution in [-0.4, -0.2) is 46.5 Å². The maximum Gasteiger partial charge on any atom is 0.351 e. The third-order valence-electron chi connectivity index (χ3n) is 5.83. The minimum atomic E-state index is -1.07. The van der Waals surface area contributed by atoms with Gasteiger partial charge in [-0.25, -0.2) is 9.59 Å². The molecule has 5 rings (SSSR count). The summed E-state index contributed by atoms with van der Waals surface area (Å²) in [7, 11) is 0. The number of ether oxygens (including phenoxy) is 4. The topological polar surface area (TPSA) is 115 Å². The highest BCUT2D eigenvalue weighted by molar-refractivity contribution is 5.89. The van der Waals surface area contributed by atoms with Crippen LogP contribution >= 0.6 is 0 Å². The Morgan fingerprint density at radius 2 is 1.85 bits per heavy atom. The zero-order valence-electron chi connectivity index (χ0n) is 17.7. The summed E-state index contributed by atoms with van der Waals surface area (Å²) in [5.41, 5.74) is 5.40. The number of hydrogen-bond donors (Lipinski definition) is 1. The Morgan fingerprint density at radius 3 is 2.58 bits per heavy atom. The average Bonchev–Trinajstić information content (AvgIpc) is 3.34. The van der Waals surface area contributed by atoms with Crippen molar-refractivity contribution >= 4 is 11.8 Å². The Labute approximate surface area is 189 Å². The van der Waals surface area contributed by atoms with E-state index in [4.69, 9.17) is 24.7 Å². The van der Waals surface area contributed by atoms with Crippen LogP contribution in [0.1, 0.15) is 22.1 Å². The lowest BCUT2D eigenvalue weighted by molar-refractivity contribution is -0.189. The van der Waals surface area contributed by atoms with Crippen LogP contribution in [0.25, 0.3) is 0 Å². The Balaban J connectivity index is 1.40. The predicted molar refractivity (Wildman–Crippen MR) is 117 cm³/mol. The summed E-state index contributed by atoms with van der Waals surface area (Å²) in [6.45, 7) is 0.377. The molecule has 0 radical (unpaired) electrons. The molecule has 0 amide bonds. The van der Waals surface area contributed by atoms with E-state index in [9.17, 15) is 9.59 Å². The minimum absolute atomic E-state index is 0.0929. The van der Waals surface area contributed by atoms with Crippen molar-refractivity contribution in [2.75, 3.05) is 18.9 Å². The average molecular weight is 449 g/mol. The van der Waals surface area contributed by atoms with Gasteiger partial charge in [0, 0.05) is 6.20 Å². The van der Waals surface area contributed by atoms with E-state index in [2.05, 4.69) is 4.98 Å². The van der Waals surface area contributed by atoms with Crippen molar-refractivity contribution in [1.82, 2.24) is 9.55 Å². The van der Waals surface area contributed by atoms with Crippen LogP contribution in [0.15, 0.2) is 77.7 Å². The number of benzene rings is 2. The molecule has 2 fully saturated rings. The van der Waals surface area contributed by atoms with Crippen LogP contribution in [-0.2, 0) is 25.6 Å². The standard InChI is InChI=1S/C24H23N3O6/c25-18-11-12-27(23(29)26-18)21-19-20(30-13-16-7-3-1-4-8-16)24(33-21,14-31-19)15-32-22(28)17-9-5-2-6-10-17/h1-12,19-21H,13-15H2,(H2,25,26,29)/t19-,20+,21-,24-/m1/s1. The summed E-state index contributed by atoms with van der Waals surface area (Å²) in [5.74, 6) is -0.364. The molecule has 0 spiro atoms. The van der Waals surface area contributed by atoms with Gasteiger partial charge in [0.05, 0.1) is 18.8 Å². The predicted octanol–water partition coefficient (Wildman–Crippen LogP) is 1.93. The van der Waals surface area contributed by atoms with Crippen LogP contribution < -0.4 is 11.4 Å². The molecular weight excluding hydrogens is 426 g/mol. The number of nitrogens with zero attached hydrogens (tertiary/aromatic N) is 2. The van der Waals surface area contributed by atoms with Crippen LogP contribution in [0.5, 0.6) is 0 Å². The molecule has 4 atom stereocenters. The number of esters is 1. The molecule has 2 saturated heterocycles. The van der Waals surface area contributed by atoms with E-state index in [1.165, 1.54) is 16.8 Å². The van der Waals surface area contributed by atoms with E-state index in [1.807, 2.05) is 36.4 Å². The number of nitrogen functional groups attached to an aromatic ring is 1. The number of nitrogens with two attached hydrogens (primary N) is 1. The smallest absolute Gasteiger partial charge is 0.351 e. The van der Waals surface area contributed by atoms with Gasteiger partial charge in [-0.05, 0) is 23.8 Å². The van der Waals surface area contributed by atoms with Gasteiger partial charge in [0.1, 0.15) is 24.6 Å². The molecule has 1 aromatic heterocycles. The van der Waals surface area contributed by atoms with Crippen molar-refractivity contribution in [2.24, 2.45) is 0 Å². The van der Waals surface area contributed by atoms with E-state index in [1.54, 1.807) is 24.3 Å². The van der Waals surface area contributed by atoms with Crippen molar-refractivity contribution in [2.45, 2.75) is 30.6 Å². The fourth-order valence-corrected chi connectivity index (χ4v) is 4.19. The van der Waals surface area contributed by atoms with Gasteiger partial charge in [0.15, 0.2) is 11.8 Å². The molecule has 3 heterocycles. The maximum absolute atomic E-state index is 12.6. The zero-order chi connectivity index (χ0) is 22.8. The van der Waals surface area contributed by atoms with Crippen molar-refractivity contribution in [3.8, 4) is 0 Å². The molecule has 0 aliphatic carbocycles. The summed E-state index contributed by atoms with van der Waals surface area (Å²) < 4.78 is 25.4. The summed E-state index contributed by atoms with van der Waals surface area (Å²) in [5, 5.41) is 0. The number of hydrogen-bond acceptors (Lipinski definition) is 8. The fraction of sp³-hybridized carbons (Fsp3) is 0.292. The van der Waals surface area contributed by atoms with Gasteiger partial charge in [-0.1, -0.05) is 48.5 Å². The molecule has 2 bridgehead atoms. The second-order valence-electron chi connectivity index (χ2n) is 8.05. The number of rotatable bonds is 7. The highest BCUT2D eigenvalue weighted by Crippen LogP contribution is 2.46. The third kappa shape index (κ3) is 4.13. The van der Waals surface area contributed by atoms with Gasteiger partial charge in [-0.3, -0.25) is 4.57 Å². The zero-order valence-corrected chi connectivity index (χ0v) is 17.7. The summed E-state index contributed by atoms with van der Waals surface area (Å²) >= 11 is 0. The summed E-state index contributed by atoms with van der Waals surface area (Å²) in [4.78, 5) is 28.8. The van der Waals surface area contributed by atoms with Crippen LogP contribution in [0.4, 0.5) is 5.82 Å². The molecular formula is C24H23N3O6. The molecule has 0 saturated carbocycles. The summed E-state index contributed by atoms with van der Waals surface area (Å²) in [6.07, 6.45) is -0.448. The van der Waals surface area contributed by atoms with Crippen molar-refractivity contribution in [3.63, 3.8) is 0 Å².